The number of nitrogens with zero attached hydrogens (tertiary/aromatic N) is 2. The predicted octanol–water partition coefficient (Wildman–Crippen LogP) is 3.92. The summed E-state index contributed by atoms with van der Waals surface area (Å²) in [5, 5.41) is 24.3. The number of rotatable bonds is 14. The van der Waals surface area contributed by atoms with Gasteiger partial charge in [0.25, 0.3) is 11.8 Å². The fourth-order valence-electron chi connectivity index (χ4n) is 4.88. The van der Waals surface area contributed by atoms with E-state index in [2.05, 4.69) is 21.1 Å². The quantitative estimate of drug-likeness (QED) is 0.161. The van der Waals surface area contributed by atoms with Crippen molar-refractivity contribution in [3.8, 4) is 0 Å². The van der Waals surface area contributed by atoms with Crippen LogP contribution in [0.4, 0.5) is 5.69 Å². The van der Waals surface area contributed by atoms with Crippen LogP contribution >= 0.6 is 0 Å². The van der Waals surface area contributed by atoms with Crippen molar-refractivity contribution >= 4 is 27.5 Å². The van der Waals surface area contributed by atoms with Crippen LogP contribution in [0.15, 0.2) is 89.5 Å². The van der Waals surface area contributed by atoms with Crippen LogP contribution < -0.4 is 20.3 Å². The van der Waals surface area contributed by atoms with Crippen LogP contribution in [0.3, 0.4) is 0 Å². The third-order valence-electron chi connectivity index (χ3n) is 7.74. The summed E-state index contributed by atoms with van der Waals surface area (Å²) < 4.78 is 31.2. The standard InChI is InChI=1S/C34H41N5O6S/c1-22-16-32(45-38-22)24(3)35-21-31(40)30(17-25-12-8-6-9-13-25)37-34(42)28-18-27(19-29(20-28)39(4)46(5,43)44)33(41)36-23(2)26-14-10-7-11-15-26/h6-16,18-20,23-24,30-31,35,40H,17,21H2,1-5H3,(H,36,41)(H,37,42)/t23-,24?,30+,31-/m1/s1. The molecule has 4 N–H and O–H groups in total. The van der Waals surface area contributed by atoms with Crippen LogP contribution in [0, 0.1) is 6.92 Å². The van der Waals surface area contributed by atoms with Gasteiger partial charge < -0.3 is 25.6 Å². The lowest BCUT2D eigenvalue weighted by Gasteiger charge is -2.26. The van der Waals surface area contributed by atoms with Crippen LogP contribution in [0.5, 0.6) is 0 Å². The Bertz CT molecular complexity index is 1730. The molecule has 3 aromatic carbocycles. The largest absolute Gasteiger partial charge is 0.390 e. The van der Waals surface area contributed by atoms with Gasteiger partial charge in [0.2, 0.25) is 10.0 Å². The number of amides is 2. The van der Waals surface area contributed by atoms with Crippen molar-refractivity contribution in [1.82, 2.24) is 21.1 Å². The molecule has 4 rings (SSSR count). The number of aromatic nitrogens is 1. The summed E-state index contributed by atoms with van der Waals surface area (Å²) in [6.45, 7) is 5.66. The molecule has 2 amide bonds. The minimum absolute atomic E-state index is 0.0641. The molecule has 0 fully saturated rings. The summed E-state index contributed by atoms with van der Waals surface area (Å²) in [4.78, 5) is 27.2. The zero-order valence-electron chi connectivity index (χ0n) is 26.6. The molecule has 0 bridgehead atoms. The maximum absolute atomic E-state index is 13.8. The van der Waals surface area contributed by atoms with Gasteiger partial charge in [0.1, 0.15) is 0 Å². The normalized spacial score (nSPS) is 14.1. The van der Waals surface area contributed by atoms with Gasteiger partial charge >= 0.3 is 0 Å². The van der Waals surface area contributed by atoms with Gasteiger partial charge in [-0.2, -0.15) is 0 Å². The summed E-state index contributed by atoms with van der Waals surface area (Å²) in [5.74, 6) is -0.434. The molecule has 0 aliphatic heterocycles. The number of anilines is 1. The van der Waals surface area contributed by atoms with E-state index in [1.54, 1.807) is 0 Å². The Labute approximate surface area is 270 Å². The summed E-state index contributed by atoms with van der Waals surface area (Å²) >= 11 is 0. The Morgan fingerprint density at radius 3 is 2.04 bits per heavy atom. The number of carbonyl (C=O) groups excluding carboxylic acids is 2. The number of hydrogen-bond acceptors (Lipinski definition) is 8. The highest BCUT2D eigenvalue weighted by Crippen LogP contribution is 2.23. The number of nitrogens with one attached hydrogen (secondary N) is 3. The number of aryl methyl sites for hydroxylation is 1. The lowest BCUT2D eigenvalue weighted by molar-refractivity contribution is 0.0823. The van der Waals surface area contributed by atoms with Crippen LogP contribution in [0.2, 0.25) is 0 Å². The first kappa shape index (κ1) is 34.4. The van der Waals surface area contributed by atoms with E-state index in [4.69, 9.17) is 4.52 Å². The second kappa shape index (κ2) is 15.2. The molecule has 4 atom stereocenters. The second-order valence-corrected chi connectivity index (χ2v) is 13.5. The Morgan fingerprint density at radius 1 is 0.891 bits per heavy atom. The Balaban J connectivity index is 1.60. The SMILES string of the molecule is Cc1cc(C(C)NC[C@@H](O)[C@H](Cc2ccccc2)NC(=O)c2cc(C(=O)N[C@H](C)c3ccccc3)cc(N(C)S(C)(=O)=O)c2)on1. The van der Waals surface area contributed by atoms with E-state index in [0.29, 0.717) is 12.2 Å². The lowest BCUT2D eigenvalue weighted by Crippen LogP contribution is -2.49. The molecule has 1 heterocycles. The number of hydrogen-bond donors (Lipinski definition) is 4. The van der Waals surface area contributed by atoms with E-state index in [1.165, 1.54) is 25.2 Å². The second-order valence-electron chi connectivity index (χ2n) is 11.4. The molecule has 46 heavy (non-hydrogen) atoms. The third kappa shape index (κ3) is 9.25. The van der Waals surface area contributed by atoms with Gasteiger partial charge in [-0.05, 0) is 56.5 Å². The number of aliphatic hydroxyl groups excluding tert-OH is 1. The fraction of sp³-hybridized carbons (Fsp3) is 0.324. The van der Waals surface area contributed by atoms with Crippen molar-refractivity contribution in [1.29, 1.82) is 0 Å². The Hall–Kier alpha value is -4.52. The maximum Gasteiger partial charge on any atom is 0.251 e. The number of sulfonamides is 1. The molecule has 0 radical (unpaired) electrons. The molecule has 4 aromatic rings. The third-order valence-corrected chi connectivity index (χ3v) is 8.94. The summed E-state index contributed by atoms with van der Waals surface area (Å²) in [6, 6.07) is 23.6. The minimum atomic E-state index is -3.71. The Kier molecular flexibility index (Phi) is 11.3. The average Bonchev–Trinajstić information content (AvgIpc) is 3.49. The monoisotopic (exact) mass is 647 g/mol. The van der Waals surface area contributed by atoms with Gasteiger partial charge in [-0.1, -0.05) is 65.8 Å². The smallest absolute Gasteiger partial charge is 0.251 e. The topological polar surface area (TPSA) is 154 Å². The van der Waals surface area contributed by atoms with E-state index in [1.807, 2.05) is 87.5 Å². The van der Waals surface area contributed by atoms with Crippen molar-refractivity contribution in [2.45, 2.75) is 51.4 Å². The van der Waals surface area contributed by atoms with Crippen molar-refractivity contribution in [3.63, 3.8) is 0 Å². The van der Waals surface area contributed by atoms with Gasteiger partial charge in [0.05, 0.1) is 41.9 Å². The van der Waals surface area contributed by atoms with Crippen molar-refractivity contribution in [2.24, 2.45) is 0 Å². The molecule has 1 aromatic heterocycles. The summed E-state index contributed by atoms with van der Waals surface area (Å²) in [6.07, 6.45) is 0.333. The first-order valence-corrected chi connectivity index (χ1v) is 16.8. The first-order valence-electron chi connectivity index (χ1n) is 15.0. The molecule has 0 aliphatic carbocycles. The fourth-order valence-corrected chi connectivity index (χ4v) is 5.37. The number of aliphatic hydroxyl groups is 1. The van der Waals surface area contributed by atoms with Crippen LogP contribution in [-0.2, 0) is 16.4 Å². The van der Waals surface area contributed by atoms with Crippen molar-refractivity contribution in [3.05, 3.63) is 119 Å². The molecule has 12 heteroatoms. The first-order chi connectivity index (χ1) is 21.8. The van der Waals surface area contributed by atoms with E-state index >= 15 is 0 Å². The molecule has 0 saturated carbocycles. The average molecular weight is 648 g/mol. The van der Waals surface area contributed by atoms with E-state index in [9.17, 15) is 23.1 Å². The zero-order chi connectivity index (χ0) is 33.4. The van der Waals surface area contributed by atoms with Crippen LogP contribution in [0.1, 0.15) is 69.2 Å². The van der Waals surface area contributed by atoms with E-state index < -0.39 is 34.0 Å². The zero-order valence-corrected chi connectivity index (χ0v) is 27.4. The van der Waals surface area contributed by atoms with E-state index in [-0.39, 0.29) is 35.4 Å². The van der Waals surface area contributed by atoms with Crippen LogP contribution in [0.25, 0.3) is 0 Å². The number of carbonyl (C=O) groups is 2. The highest BCUT2D eigenvalue weighted by atomic mass is 32.2. The molecule has 244 valence electrons. The highest BCUT2D eigenvalue weighted by Gasteiger charge is 2.26. The van der Waals surface area contributed by atoms with Gasteiger partial charge in [-0.15, -0.1) is 0 Å². The minimum Gasteiger partial charge on any atom is -0.390 e. The Morgan fingerprint density at radius 2 is 1.48 bits per heavy atom. The maximum atomic E-state index is 13.8. The summed E-state index contributed by atoms with van der Waals surface area (Å²) in [5.41, 5.74) is 2.84. The number of benzene rings is 3. The molecule has 11 nitrogen and oxygen atoms in total. The van der Waals surface area contributed by atoms with Gasteiger partial charge in [0, 0.05) is 30.8 Å². The lowest BCUT2D eigenvalue weighted by atomic mass is 9.99. The molecule has 0 saturated heterocycles. The van der Waals surface area contributed by atoms with Crippen LogP contribution in [-0.4, -0.2) is 62.5 Å². The van der Waals surface area contributed by atoms with Gasteiger partial charge in [0.15, 0.2) is 5.76 Å². The molecule has 0 spiro atoms. The van der Waals surface area contributed by atoms with Gasteiger partial charge in [-0.3, -0.25) is 13.9 Å². The van der Waals surface area contributed by atoms with E-state index in [0.717, 1.165) is 27.4 Å². The summed E-state index contributed by atoms with van der Waals surface area (Å²) in [7, 11) is -2.36. The molecular weight excluding hydrogens is 606 g/mol. The van der Waals surface area contributed by atoms with Crippen molar-refractivity contribution < 1.29 is 27.6 Å². The van der Waals surface area contributed by atoms with Crippen molar-refractivity contribution in [2.75, 3.05) is 24.2 Å². The predicted molar refractivity (Wildman–Crippen MR) is 177 cm³/mol. The molecular formula is C34H41N5O6S. The molecule has 0 aliphatic rings. The highest BCUT2D eigenvalue weighted by molar-refractivity contribution is 7.92. The molecule has 1 unspecified atom stereocenters. The van der Waals surface area contributed by atoms with Gasteiger partial charge in [-0.25, -0.2) is 8.42 Å².